The van der Waals surface area contributed by atoms with Crippen LogP contribution in [0.25, 0.3) is 0 Å². The Balaban J connectivity index is 2.03. The van der Waals surface area contributed by atoms with E-state index in [1.54, 1.807) is 0 Å². The number of aliphatic hydroxyl groups excluding tert-OH is 1. The minimum absolute atomic E-state index is 0.333. The zero-order chi connectivity index (χ0) is 14.1. The van der Waals surface area contributed by atoms with Crippen LogP contribution in [-0.4, -0.2) is 11.2 Å². The lowest BCUT2D eigenvalue weighted by Gasteiger charge is -2.44. The molecule has 1 atom stereocenters. The van der Waals surface area contributed by atoms with Crippen LogP contribution in [0.2, 0.25) is 0 Å². The van der Waals surface area contributed by atoms with Gasteiger partial charge in [0.2, 0.25) is 0 Å². The van der Waals surface area contributed by atoms with Gasteiger partial charge >= 0.3 is 0 Å². The van der Waals surface area contributed by atoms with E-state index >= 15 is 0 Å². The Morgan fingerprint density at radius 1 is 1.11 bits per heavy atom. The quantitative estimate of drug-likeness (QED) is 0.808. The Morgan fingerprint density at radius 2 is 1.63 bits per heavy atom. The third-order valence-electron chi connectivity index (χ3n) is 5.74. The van der Waals surface area contributed by atoms with E-state index in [4.69, 9.17) is 0 Å². The van der Waals surface area contributed by atoms with Crippen molar-refractivity contribution in [2.75, 3.05) is 0 Å². The van der Waals surface area contributed by atoms with E-state index in [0.717, 1.165) is 38.5 Å². The van der Waals surface area contributed by atoms with Crippen LogP contribution in [0, 0.1) is 34.0 Å². The van der Waals surface area contributed by atoms with Crippen molar-refractivity contribution in [2.45, 2.75) is 78.2 Å². The zero-order valence-corrected chi connectivity index (χ0v) is 12.8. The molecule has 0 radical (unpaired) electrons. The van der Waals surface area contributed by atoms with Crippen molar-refractivity contribution in [1.82, 2.24) is 0 Å². The Hall–Kier alpha value is -0.550. The Labute approximate surface area is 118 Å². The smallest absolute Gasteiger partial charge is 0.0835 e. The normalized spacial score (nSPS) is 35.0. The molecular formula is C17H29NO. The lowest BCUT2D eigenvalue weighted by Crippen LogP contribution is -2.43. The summed E-state index contributed by atoms with van der Waals surface area (Å²) in [6, 6.07) is 2.52. The van der Waals surface area contributed by atoms with E-state index in [1.165, 1.54) is 12.8 Å². The maximum absolute atomic E-state index is 10.7. The van der Waals surface area contributed by atoms with Crippen LogP contribution in [-0.2, 0) is 0 Å². The zero-order valence-electron chi connectivity index (χ0n) is 12.8. The van der Waals surface area contributed by atoms with Gasteiger partial charge in [0.05, 0.1) is 17.6 Å². The summed E-state index contributed by atoms with van der Waals surface area (Å²) in [5.74, 6) is 1.08. The van der Waals surface area contributed by atoms with E-state index in [2.05, 4.69) is 26.8 Å². The van der Waals surface area contributed by atoms with Crippen LogP contribution in [0.15, 0.2) is 0 Å². The van der Waals surface area contributed by atoms with E-state index < -0.39 is 5.41 Å². The van der Waals surface area contributed by atoms with Crippen LogP contribution >= 0.6 is 0 Å². The largest absolute Gasteiger partial charge is 0.391 e. The molecule has 2 saturated carbocycles. The highest BCUT2D eigenvalue weighted by molar-refractivity contribution is 5.08. The first kappa shape index (κ1) is 14.9. The van der Waals surface area contributed by atoms with Gasteiger partial charge in [0.1, 0.15) is 0 Å². The lowest BCUT2D eigenvalue weighted by atomic mass is 9.61. The first-order valence-corrected chi connectivity index (χ1v) is 7.98. The van der Waals surface area contributed by atoms with Gasteiger partial charge in [-0.15, -0.1) is 0 Å². The molecule has 19 heavy (non-hydrogen) atoms. The van der Waals surface area contributed by atoms with Gasteiger partial charge in [0.15, 0.2) is 0 Å². The first-order chi connectivity index (χ1) is 8.89. The fourth-order valence-corrected chi connectivity index (χ4v) is 4.20. The molecule has 0 spiro atoms. The molecule has 1 unspecified atom stereocenters. The second-order valence-electron chi connectivity index (χ2n) is 7.90. The maximum Gasteiger partial charge on any atom is 0.0835 e. The number of aliphatic hydroxyl groups is 1. The van der Waals surface area contributed by atoms with E-state index in [0.29, 0.717) is 17.3 Å². The molecule has 1 N–H and O–H groups in total. The van der Waals surface area contributed by atoms with Crippen LogP contribution in [0.4, 0.5) is 0 Å². The maximum atomic E-state index is 10.7. The molecule has 0 aromatic rings. The van der Waals surface area contributed by atoms with E-state index in [1.807, 2.05) is 0 Å². The molecule has 2 rings (SSSR count). The molecular weight excluding hydrogens is 234 g/mol. The van der Waals surface area contributed by atoms with Gasteiger partial charge in [-0.25, -0.2) is 0 Å². The molecule has 0 aliphatic heterocycles. The van der Waals surface area contributed by atoms with Gasteiger partial charge in [-0.3, -0.25) is 0 Å². The average Bonchev–Trinajstić information content (AvgIpc) is 2.90. The summed E-state index contributed by atoms with van der Waals surface area (Å²) in [6.45, 7) is 6.89. The van der Waals surface area contributed by atoms with Crippen LogP contribution < -0.4 is 0 Å². The fourth-order valence-electron chi connectivity index (χ4n) is 4.20. The lowest BCUT2D eigenvalue weighted by molar-refractivity contribution is -0.0239. The summed E-state index contributed by atoms with van der Waals surface area (Å²) >= 11 is 0. The van der Waals surface area contributed by atoms with Crippen molar-refractivity contribution in [3.8, 4) is 6.07 Å². The molecule has 2 fully saturated rings. The molecule has 0 aromatic heterocycles. The molecule has 2 aliphatic carbocycles. The predicted octanol–water partition coefficient (Wildman–Crippen LogP) is 4.28. The third-order valence-corrected chi connectivity index (χ3v) is 5.74. The van der Waals surface area contributed by atoms with Crippen molar-refractivity contribution in [3.05, 3.63) is 0 Å². The van der Waals surface area contributed by atoms with Crippen molar-refractivity contribution >= 4 is 0 Å². The van der Waals surface area contributed by atoms with E-state index in [9.17, 15) is 10.4 Å². The monoisotopic (exact) mass is 263 g/mol. The van der Waals surface area contributed by atoms with Crippen molar-refractivity contribution < 1.29 is 5.11 Å². The fraction of sp³-hybridized carbons (Fsp3) is 0.941. The highest BCUT2D eigenvalue weighted by atomic mass is 16.3. The Morgan fingerprint density at radius 3 is 2.05 bits per heavy atom. The van der Waals surface area contributed by atoms with Crippen molar-refractivity contribution in [3.63, 3.8) is 0 Å². The molecule has 2 aliphatic rings. The number of hydrogen-bond acceptors (Lipinski definition) is 2. The second-order valence-corrected chi connectivity index (χ2v) is 7.90. The van der Waals surface area contributed by atoms with Gasteiger partial charge in [-0.2, -0.15) is 5.26 Å². The highest BCUT2D eigenvalue weighted by Crippen LogP contribution is 2.49. The van der Waals surface area contributed by atoms with Gasteiger partial charge in [0.25, 0.3) is 0 Å². The summed E-state index contributed by atoms with van der Waals surface area (Å²) in [5.41, 5.74) is -0.114. The van der Waals surface area contributed by atoms with Crippen LogP contribution in [0.1, 0.15) is 72.1 Å². The average molecular weight is 263 g/mol. The van der Waals surface area contributed by atoms with E-state index in [-0.39, 0.29) is 6.10 Å². The molecule has 2 nitrogen and oxygen atoms in total. The second kappa shape index (κ2) is 5.44. The van der Waals surface area contributed by atoms with Crippen molar-refractivity contribution in [1.29, 1.82) is 5.26 Å². The number of hydrogen-bond donors (Lipinski definition) is 1. The minimum Gasteiger partial charge on any atom is -0.391 e. The molecule has 0 heterocycles. The van der Waals surface area contributed by atoms with Gasteiger partial charge in [-0.1, -0.05) is 33.6 Å². The Kier molecular flexibility index (Phi) is 4.26. The van der Waals surface area contributed by atoms with Crippen LogP contribution in [0.5, 0.6) is 0 Å². The predicted molar refractivity (Wildman–Crippen MR) is 77.4 cm³/mol. The number of nitriles is 1. The summed E-state index contributed by atoms with van der Waals surface area (Å²) in [5, 5.41) is 20.3. The summed E-state index contributed by atoms with van der Waals surface area (Å²) in [4.78, 5) is 0. The summed E-state index contributed by atoms with van der Waals surface area (Å²) in [7, 11) is 0. The molecule has 108 valence electrons. The Bertz CT molecular complexity index is 335. The molecule has 0 bridgehead atoms. The molecule has 0 aromatic carbocycles. The topological polar surface area (TPSA) is 44.0 Å². The minimum atomic E-state index is -0.448. The first-order valence-electron chi connectivity index (χ1n) is 7.98. The number of rotatable bonds is 2. The van der Waals surface area contributed by atoms with Gasteiger partial charge in [-0.05, 0) is 55.8 Å². The van der Waals surface area contributed by atoms with Gasteiger partial charge < -0.3 is 5.11 Å². The summed E-state index contributed by atoms with van der Waals surface area (Å²) < 4.78 is 0. The van der Waals surface area contributed by atoms with Crippen LogP contribution in [0.3, 0.4) is 0 Å². The number of nitrogens with zero attached hydrogens (tertiary/aromatic N) is 1. The molecule has 0 amide bonds. The highest BCUT2D eigenvalue weighted by Gasteiger charge is 2.46. The standard InChI is InChI=1S/C17H29NO/c1-16(2,3)14-8-10-17(12-18,11-9-14)15(19)13-6-4-5-7-13/h13-15,19H,4-11H2,1-3H3. The molecule has 2 heteroatoms. The SMILES string of the molecule is CC(C)(C)C1CCC(C#N)(C(O)C2CCCC2)CC1. The van der Waals surface area contributed by atoms with Gasteiger partial charge in [0, 0.05) is 0 Å². The third kappa shape index (κ3) is 2.97. The molecule has 0 saturated heterocycles. The summed E-state index contributed by atoms with van der Waals surface area (Å²) in [6.07, 6.45) is 8.29. The van der Waals surface area contributed by atoms with Crippen molar-refractivity contribution in [2.24, 2.45) is 22.7 Å².